The molecule has 3 nitrogen and oxygen atoms in total. The van der Waals surface area contributed by atoms with E-state index in [1.54, 1.807) is 23.9 Å². The fourth-order valence-corrected chi connectivity index (χ4v) is 6.29. The maximum Gasteiger partial charge on any atom is 0.194 e. The number of carbonyl (C=O) groups excluding carboxylic acids is 1. The SMILES string of the molecule is CC(C)(C)[Si](C)(C)O[C@]12C#C/C=C\C#C[C@H](O)C(C1=O)[C@H](Sc1ccccc1)CC2. The lowest BCUT2D eigenvalue weighted by Crippen LogP contribution is -2.59. The standard InChI is InChI=1S/C25H30O3SSi/c1-24(2,3)30(4,5)28-25-17-12-7-6-11-15-20(26)22(23(25)27)21(16-18-25)29-19-13-9-8-10-14-19/h6-10,13-14,20-22,26H,16,18H2,1-5H3/b7-6-/t20-,21+,22?,25-/m0/s1. The van der Waals surface area contributed by atoms with E-state index in [1.807, 2.05) is 30.3 Å². The molecule has 1 fully saturated rings. The van der Waals surface area contributed by atoms with Gasteiger partial charge in [0.2, 0.25) is 0 Å². The maximum atomic E-state index is 13.9. The lowest BCUT2D eigenvalue weighted by Gasteiger charge is -2.47. The molecule has 0 radical (unpaired) electrons. The molecule has 0 spiro atoms. The average molecular weight is 439 g/mol. The summed E-state index contributed by atoms with van der Waals surface area (Å²) < 4.78 is 6.71. The van der Waals surface area contributed by atoms with E-state index in [4.69, 9.17) is 4.43 Å². The molecule has 1 aromatic carbocycles. The number of hydrogen-bond donors (Lipinski definition) is 1. The van der Waals surface area contributed by atoms with Crippen molar-refractivity contribution in [2.75, 3.05) is 0 Å². The minimum absolute atomic E-state index is 0.0571. The Kier molecular flexibility index (Phi) is 6.70. The number of thioether (sulfide) groups is 1. The number of allylic oxidation sites excluding steroid dienone is 2. The number of aliphatic hydroxyl groups excluding tert-OH is 1. The Morgan fingerprint density at radius 3 is 2.50 bits per heavy atom. The number of hydrogen-bond acceptors (Lipinski definition) is 4. The number of rotatable bonds is 4. The summed E-state index contributed by atoms with van der Waals surface area (Å²) in [5, 5.41) is 10.8. The molecule has 4 atom stereocenters. The summed E-state index contributed by atoms with van der Waals surface area (Å²) in [4.78, 5) is 15.0. The van der Waals surface area contributed by atoms with E-state index in [1.165, 1.54) is 0 Å². The first-order valence-corrected chi connectivity index (χ1v) is 14.2. The first kappa shape index (κ1) is 22.9. The predicted octanol–water partition coefficient (Wildman–Crippen LogP) is 4.82. The zero-order valence-electron chi connectivity index (χ0n) is 18.4. The molecule has 0 aliphatic heterocycles. The van der Waals surface area contributed by atoms with Crippen LogP contribution in [-0.4, -0.2) is 36.2 Å². The summed E-state index contributed by atoms with van der Waals surface area (Å²) >= 11 is 1.63. The average Bonchev–Trinajstić information content (AvgIpc) is 2.66. The third-order valence-corrected chi connectivity index (χ3v) is 12.1. The van der Waals surface area contributed by atoms with Crippen molar-refractivity contribution in [1.82, 2.24) is 0 Å². The van der Waals surface area contributed by atoms with Gasteiger partial charge in [-0.05, 0) is 55.3 Å². The summed E-state index contributed by atoms with van der Waals surface area (Å²) in [7, 11) is -2.28. The molecule has 2 bridgehead atoms. The van der Waals surface area contributed by atoms with Crippen LogP contribution in [0.1, 0.15) is 33.6 Å². The van der Waals surface area contributed by atoms with Crippen molar-refractivity contribution < 1.29 is 14.3 Å². The Morgan fingerprint density at radius 1 is 1.17 bits per heavy atom. The number of Topliss-reactive ketones (excluding diaryl/α,β-unsaturated/α-hetero) is 1. The van der Waals surface area contributed by atoms with Gasteiger partial charge in [-0.2, -0.15) is 0 Å². The van der Waals surface area contributed by atoms with Crippen molar-refractivity contribution in [2.45, 2.75) is 73.6 Å². The molecule has 30 heavy (non-hydrogen) atoms. The van der Waals surface area contributed by atoms with Crippen molar-refractivity contribution in [3.05, 3.63) is 42.5 Å². The highest BCUT2D eigenvalue weighted by molar-refractivity contribution is 8.00. The Hall–Kier alpha value is -1.76. The van der Waals surface area contributed by atoms with Gasteiger partial charge in [0, 0.05) is 10.1 Å². The molecule has 1 saturated carbocycles. The Morgan fingerprint density at radius 2 is 1.83 bits per heavy atom. The van der Waals surface area contributed by atoms with Gasteiger partial charge in [-0.3, -0.25) is 4.79 Å². The smallest absolute Gasteiger partial charge is 0.194 e. The van der Waals surface area contributed by atoms with Crippen molar-refractivity contribution in [3.8, 4) is 23.7 Å². The van der Waals surface area contributed by atoms with Gasteiger partial charge in [0.05, 0.1) is 5.92 Å². The Bertz CT molecular complexity index is 940. The molecule has 0 heterocycles. The van der Waals surface area contributed by atoms with Crippen LogP contribution in [0.5, 0.6) is 0 Å². The van der Waals surface area contributed by atoms with Crippen LogP contribution >= 0.6 is 11.8 Å². The van der Waals surface area contributed by atoms with Gasteiger partial charge in [-0.1, -0.05) is 62.7 Å². The highest BCUT2D eigenvalue weighted by Crippen LogP contribution is 2.46. The molecule has 158 valence electrons. The predicted molar refractivity (Wildman–Crippen MR) is 126 cm³/mol. The van der Waals surface area contributed by atoms with E-state index >= 15 is 0 Å². The van der Waals surface area contributed by atoms with Crippen LogP contribution in [0, 0.1) is 29.6 Å². The third kappa shape index (κ3) is 4.76. The van der Waals surface area contributed by atoms with Crippen molar-refractivity contribution >= 4 is 25.9 Å². The zero-order valence-corrected chi connectivity index (χ0v) is 20.2. The largest absolute Gasteiger partial charge is 0.395 e. The van der Waals surface area contributed by atoms with E-state index < -0.39 is 25.9 Å². The molecule has 5 heteroatoms. The molecule has 0 amide bonds. The van der Waals surface area contributed by atoms with E-state index in [-0.39, 0.29) is 16.1 Å². The minimum Gasteiger partial charge on any atom is -0.395 e. The number of benzene rings is 1. The maximum absolute atomic E-state index is 13.9. The number of ketones is 1. The van der Waals surface area contributed by atoms with Crippen LogP contribution in [0.15, 0.2) is 47.4 Å². The molecule has 2 aliphatic rings. The van der Waals surface area contributed by atoms with E-state index in [9.17, 15) is 9.90 Å². The van der Waals surface area contributed by atoms with Gasteiger partial charge in [0.15, 0.2) is 19.7 Å². The number of carbonyl (C=O) groups is 1. The van der Waals surface area contributed by atoms with Gasteiger partial charge in [-0.25, -0.2) is 0 Å². The second kappa shape index (κ2) is 8.77. The minimum atomic E-state index is -2.28. The summed E-state index contributed by atoms with van der Waals surface area (Å²) in [5.41, 5.74) is -1.19. The first-order chi connectivity index (χ1) is 14.1. The highest BCUT2D eigenvalue weighted by atomic mass is 32.2. The van der Waals surface area contributed by atoms with Gasteiger partial charge in [0.25, 0.3) is 0 Å². The molecular formula is C25H30O3SSi. The second-order valence-corrected chi connectivity index (χ2v) is 15.5. The third-order valence-electron chi connectivity index (χ3n) is 6.24. The van der Waals surface area contributed by atoms with E-state index in [0.29, 0.717) is 6.42 Å². The molecule has 0 aromatic heterocycles. The van der Waals surface area contributed by atoms with Crippen LogP contribution in [-0.2, 0) is 9.22 Å². The highest BCUT2D eigenvalue weighted by Gasteiger charge is 2.55. The van der Waals surface area contributed by atoms with Crippen molar-refractivity contribution in [3.63, 3.8) is 0 Å². The number of aliphatic hydroxyl groups is 1. The molecular weight excluding hydrogens is 408 g/mol. The van der Waals surface area contributed by atoms with Crippen LogP contribution in [0.4, 0.5) is 0 Å². The molecule has 2 aliphatic carbocycles. The monoisotopic (exact) mass is 438 g/mol. The molecule has 1 unspecified atom stereocenters. The summed E-state index contributed by atoms with van der Waals surface area (Å²) in [6.07, 6.45) is 3.46. The fourth-order valence-electron chi connectivity index (χ4n) is 3.54. The van der Waals surface area contributed by atoms with Crippen LogP contribution in [0.25, 0.3) is 0 Å². The van der Waals surface area contributed by atoms with Gasteiger partial charge < -0.3 is 9.53 Å². The van der Waals surface area contributed by atoms with Crippen LogP contribution in [0.3, 0.4) is 0 Å². The molecule has 3 rings (SSSR count). The second-order valence-electron chi connectivity index (χ2n) is 9.42. The topological polar surface area (TPSA) is 46.5 Å². The zero-order chi connectivity index (χ0) is 22.0. The first-order valence-electron chi connectivity index (χ1n) is 10.4. The molecule has 1 aromatic rings. The summed E-state index contributed by atoms with van der Waals surface area (Å²) in [6, 6.07) is 10.0. The lowest BCUT2D eigenvalue weighted by atomic mass is 9.74. The van der Waals surface area contributed by atoms with Crippen molar-refractivity contribution in [2.24, 2.45) is 5.92 Å². The van der Waals surface area contributed by atoms with E-state index in [0.717, 1.165) is 11.3 Å². The van der Waals surface area contributed by atoms with E-state index in [2.05, 4.69) is 57.5 Å². The van der Waals surface area contributed by atoms with Crippen molar-refractivity contribution in [1.29, 1.82) is 0 Å². The molecule has 1 N–H and O–H groups in total. The van der Waals surface area contributed by atoms with Gasteiger partial charge in [-0.15, -0.1) is 11.8 Å². The van der Waals surface area contributed by atoms with Crippen LogP contribution in [0.2, 0.25) is 18.1 Å². The van der Waals surface area contributed by atoms with Gasteiger partial charge in [0.1, 0.15) is 6.10 Å². The van der Waals surface area contributed by atoms with Gasteiger partial charge >= 0.3 is 0 Å². The number of fused-ring (bicyclic) bond motifs is 2. The fraction of sp³-hybridized carbons (Fsp3) is 0.480. The quantitative estimate of drug-likeness (QED) is 0.541. The summed E-state index contributed by atoms with van der Waals surface area (Å²) in [6.45, 7) is 10.7. The Labute approximate surface area is 185 Å². The molecule has 0 saturated heterocycles. The lowest BCUT2D eigenvalue weighted by molar-refractivity contribution is -0.141. The Balaban J connectivity index is 2.02. The normalized spacial score (nSPS) is 29.8. The summed E-state index contributed by atoms with van der Waals surface area (Å²) in [5.74, 6) is 11.0. The van der Waals surface area contributed by atoms with Crippen LogP contribution < -0.4 is 0 Å².